The number of allylic oxidation sites excluding steroid dienone is 1. The molecule has 4 rings (SSSR count). The minimum Gasteiger partial charge on any atom is -0.396 e. The number of likely N-dealkylation sites (N-methyl/N-ethyl adjacent to an activating group) is 1. The second-order valence-electron chi connectivity index (χ2n) is 7.95. The first-order valence-electron chi connectivity index (χ1n) is 9.60. The van der Waals surface area contributed by atoms with E-state index in [1.54, 1.807) is 30.2 Å². The van der Waals surface area contributed by atoms with Crippen molar-refractivity contribution in [2.24, 2.45) is 4.99 Å². The summed E-state index contributed by atoms with van der Waals surface area (Å²) >= 11 is 1.99. The van der Waals surface area contributed by atoms with Gasteiger partial charge in [0.1, 0.15) is 17.7 Å². The molecule has 162 valence electrons. The van der Waals surface area contributed by atoms with Gasteiger partial charge in [-0.15, -0.1) is 0 Å². The summed E-state index contributed by atoms with van der Waals surface area (Å²) in [4.78, 5) is 5.90. The van der Waals surface area contributed by atoms with E-state index in [1.165, 1.54) is 12.4 Å². The lowest BCUT2D eigenvalue weighted by Gasteiger charge is -2.30. The third-order valence-corrected chi connectivity index (χ3v) is 8.90. The molecule has 2 atom stereocenters. The molecule has 0 aromatic heterocycles. The Kier molecular flexibility index (Phi) is 5.69. The van der Waals surface area contributed by atoms with Crippen LogP contribution in [0.25, 0.3) is 0 Å². The highest BCUT2D eigenvalue weighted by Crippen LogP contribution is 2.46. The molecular weight excluding hydrogens is 527 g/mol. The van der Waals surface area contributed by atoms with Crippen LogP contribution in [-0.2, 0) is 16.4 Å². The van der Waals surface area contributed by atoms with Crippen LogP contribution in [0.15, 0.2) is 46.4 Å². The molecule has 10 heteroatoms. The minimum absolute atomic E-state index is 0.0900. The lowest BCUT2D eigenvalue weighted by Crippen LogP contribution is -2.41. The van der Waals surface area contributed by atoms with Crippen LogP contribution >= 0.6 is 22.6 Å². The first kappa shape index (κ1) is 21.7. The van der Waals surface area contributed by atoms with Crippen LogP contribution in [0.2, 0.25) is 0 Å². The van der Waals surface area contributed by atoms with Gasteiger partial charge in [-0.3, -0.25) is 9.71 Å². The van der Waals surface area contributed by atoms with Crippen molar-refractivity contribution in [2.75, 3.05) is 13.7 Å². The van der Waals surface area contributed by atoms with Gasteiger partial charge >= 0.3 is 0 Å². The van der Waals surface area contributed by atoms with Gasteiger partial charge in [0, 0.05) is 29.2 Å². The average molecular weight is 549 g/mol. The zero-order chi connectivity index (χ0) is 21.7. The maximum absolute atomic E-state index is 15.5. The molecule has 0 spiro atoms. The third-order valence-electron chi connectivity index (χ3n) is 5.99. The molecule has 0 amide bonds. The van der Waals surface area contributed by atoms with Crippen molar-refractivity contribution in [1.29, 1.82) is 0 Å². The molecular formula is C20H22F2IN3O3S. The second kappa shape index (κ2) is 7.86. The third kappa shape index (κ3) is 3.77. The topological polar surface area (TPSA) is 82.0 Å². The number of aliphatic hydroxyl groups excluding tert-OH is 1. The molecule has 30 heavy (non-hydrogen) atoms. The molecule has 3 aliphatic rings. The van der Waals surface area contributed by atoms with Crippen LogP contribution in [0.1, 0.15) is 24.8 Å². The summed E-state index contributed by atoms with van der Waals surface area (Å²) in [7, 11) is -2.12. The van der Waals surface area contributed by atoms with E-state index in [-0.39, 0.29) is 36.3 Å². The maximum Gasteiger partial charge on any atom is 0.238 e. The van der Waals surface area contributed by atoms with E-state index >= 15 is 4.39 Å². The van der Waals surface area contributed by atoms with Crippen LogP contribution in [0.3, 0.4) is 0 Å². The van der Waals surface area contributed by atoms with E-state index in [1.807, 2.05) is 22.6 Å². The molecule has 2 aliphatic carbocycles. The van der Waals surface area contributed by atoms with Gasteiger partial charge in [0.25, 0.3) is 0 Å². The van der Waals surface area contributed by atoms with Crippen molar-refractivity contribution in [3.8, 4) is 0 Å². The highest BCUT2D eigenvalue weighted by Gasteiger charge is 2.54. The van der Waals surface area contributed by atoms with Crippen molar-refractivity contribution >= 4 is 39.0 Å². The summed E-state index contributed by atoms with van der Waals surface area (Å²) in [6.07, 6.45) is 4.07. The molecule has 2 unspecified atom stereocenters. The van der Waals surface area contributed by atoms with Crippen molar-refractivity contribution in [1.82, 2.24) is 9.62 Å². The van der Waals surface area contributed by atoms with Crippen molar-refractivity contribution in [3.63, 3.8) is 0 Å². The van der Waals surface area contributed by atoms with Crippen LogP contribution in [-0.4, -0.2) is 55.2 Å². The highest BCUT2D eigenvalue weighted by atomic mass is 127. The van der Waals surface area contributed by atoms with Gasteiger partial charge in [-0.1, -0.05) is 6.07 Å². The van der Waals surface area contributed by atoms with Crippen LogP contribution in [0.4, 0.5) is 8.78 Å². The van der Waals surface area contributed by atoms with E-state index < -0.39 is 38.5 Å². The quantitative estimate of drug-likeness (QED) is 0.513. The highest BCUT2D eigenvalue weighted by molar-refractivity contribution is 14.1. The number of fused-ring (bicyclic) bond motifs is 1. The van der Waals surface area contributed by atoms with Crippen LogP contribution < -0.4 is 4.72 Å². The molecule has 6 nitrogen and oxygen atoms in total. The molecule has 1 aromatic carbocycles. The predicted molar refractivity (Wildman–Crippen MR) is 119 cm³/mol. The van der Waals surface area contributed by atoms with Gasteiger partial charge in [0.2, 0.25) is 10.0 Å². The number of rotatable bonds is 7. The number of benzene rings is 1. The Morgan fingerprint density at radius 2 is 2.10 bits per heavy atom. The van der Waals surface area contributed by atoms with E-state index in [2.05, 4.69) is 9.71 Å². The zero-order valence-corrected chi connectivity index (χ0v) is 19.3. The summed E-state index contributed by atoms with van der Waals surface area (Å²) in [6, 6.07) is 3.42. The number of nitrogens with zero attached hydrogens (tertiary/aromatic N) is 2. The molecule has 1 saturated carbocycles. The number of aliphatic imine (C=N–C) groups is 1. The monoisotopic (exact) mass is 549 g/mol. The second-order valence-corrected chi connectivity index (χ2v) is 11.3. The number of hydrogen-bond donors (Lipinski definition) is 2. The van der Waals surface area contributed by atoms with Gasteiger partial charge in [0.15, 0.2) is 0 Å². The van der Waals surface area contributed by atoms with Crippen molar-refractivity contribution < 1.29 is 22.3 Å². The summed E-state index contributed by atoms with van der Waals surface area (Å²) < 4.78 is 58.2. The molecule has 1 aliphatic heterocycles. The number of sulfonamides is 1. The van der Waals surface area contributed by atoms with Gasteiger partial charge in [-0.05, 0) is 65.6 Å². The first-order chi connectivity index (χ1) is 14.2. The number of hydrogen-bond acceptors (Lipinski definition) is 5. The Balaban J connectivity index is 1.71. The van der Waals surface area contributed by atoms with Gasteiger partial charge in [0.05, 0.1) is 22.8 Å². The normalized spacial score (nSPS) is 24.7. The molecule has 2 N–H and O–H groups in total. The van der Waals surface area contributed by atoms with E-state index in [0.29, 0.717) is 16.4 Å². The standard InChI is InChI=1S/C20H22F2IN3O3S/c1-26-11-24-19-17(26)10-16(25-30(28,29)20(4-5-20)6-7-27)14(18(19)22)8-12-2-3-13(23)9-15(12)21/h2-3,9-11,17,19,25,27H,4-8H2,1H3. The lowest BCUT2D eigenvalue weighted by molar-refractivity contribution is 0.282. The van der Waals surface area contributed by atoms with E-state index in [4.69, 9.17) is 0 Å². The number of halogens is 3. The minimum atomic E-state index is -3.86. The number of aliphatic hydroxyl groups is 1. The smallest absolute Gasteiger partial charge is 0.238 e. The average Bonchev–Trinajstić information content (AvgIpc) is 3.38. The fourth-order valence-corrected chi connectivity index (χ4v) is 6.10. The summed E-state index contributed by atoms with van der Waals surface area (Å²) in [5.41, 5.74) is 0.483. The largest absolute Gasteiger partial charge is 0.396 e. The number of nitrogens with one attached hydrogen (secondary N) is 1. The zero-order valence-electron chi connectivity index (χ0n) is 16.3. The summed E-state index contributed by atoms with van der Waals surface area (Å²) in [5.74, 6) is -1.04. The predicted octanol–water partition coefficient (Wildman–Crippen LogP) is 2.64. The van der Waals surface area contributed by atoms with Gasteiger partial charge < -0.3 is 10.0 Å². The fraction of sp³-hybridized carbons (Fsp3) is 0.450. The van der Waals surface area contributed by atoms with Gasteiger partial charge in [-0.25, -0.2) is 17.2 Å². The summed E-state index contributed by atoms with van der Waals surface area (Å²) in [6.45, 7) is -0.244. The van der Waals surface area contributed by atoms with Crippen LogP contribution in [0, 0.1) is 9.39 Å². The summed E-state index contributed by atoms with van der Waals surface area (Å²) in [5, 5.41) is 9.27. The van der Waals surface area contributed by atoms with Crippen molar-refractivity contribution in [2.45, 2.75) is 42.5 Å². The van der Waals surface area contributed by atoms with E-state index in [9.17, 15) is 17.9 Å². The molecule has 0 bridgehead atoms. The first-order valence-corrected chi connectivity index (χ1v) is 12.2. The Labute approximate surface area is 187 Å². The van der Waals surface area contributed by atoms with E-state index in [0.717, 1.165) is 0 Å². The lowest BCUT2D eigenvalue weighted by atomic mass is 9.90. The van der Waals surface area contributed by atoms with Gasteiger partial charge in [-0.2, -0.15) is 0 Å². The van der Waals surface area contributed by atoms with Crippen molar-refractivity contribution in [3.05, 3.63) is 56.3 Å². The molecule has 1 heterocycles. The SMILES string of the molecule is CN1C=NC2C(F)=C(Cc3ccc(I)cc3F)C(NS(=O)(=O)C3(CCO)CC3)=CC21. The Morgan fingerprint density at radius 1 is 1.37 bits per heavy atom. The Bertz CT molecular complexity index is 1070. The Morgan fingerprint density at radius 3 is 2.73 bits per heavy atom. The molecule has 0 saturated heterocycles. The molecule has 0 radical (unpaired) electrons. The molecule has 1 fully saturated rings. The Hall–Kier alpha value is -1.53. The fourth-order valence-electron chi connectivity index (χ4n) is 3.95. The molecule has 1 aromatic rings. The maximum atomic E-state index is 15.5. The van der Waals surface area contributed by atoms with Crippen LogP contribution in [0.5, 0.6) is 0 Å².